The number of halogens is 1. The van der Waals surface area contributed by atoms with Crippen LogP contribution in [0.5, 0.6) is 0 Å². The van der Waals surface area contributed by atoms with Gasteiger partial charge in [0.25, 0.3) is 0 Å². The zero-order valence-electron chi connectivity index (χ0n) is 13.1. The molecule has 0 amide bonds. The van der Waals surface area contributed by atoms with E-state index in [2.05, 4.69) is 20.6 Å². The van der Waals surface area contributed by atoms with Crippen LogP contribution in [-0.2, 0) is 13.0 Å². The lowest BCUT2D eigenvalue weighted by molar-refractivity contribution is 0.606. The molecule has 0 radical (unpaired) electrons. The van der Waals surface area contributed by atoms with Crippen LogP contribution >= 0.6 is 11.3 Å². The van der Waals surface area contributed by atoms with Crippen molar-refractivity contribution in [1.82, 2.24) is 15.6 Å². The normalized spacial score (nSPS) is 11.5. The average molecular weight is 320 g/mol. The summed E-state index contributed by atoms with van der Waals surface area (Å²) in [6.07, 6.45) is 0.617. The van der Waals surface area contributed by atoms with Crippen molar-refractivity contribution in [1.29, 1.82) is 0 Å². The Bertz CT molecular complexity index is 651. The van der Waals surface area contributed by atoms with Crippen LogP contribution in [0.15, 0.2) is 29.3 Å². The fraction of sp³-hybridized carbons (Fsp3) is 0.375. The number of nitrogens with one attached hydrogen (secondary N) is 2. The molecule has 22 heavy (non-hydrogen) atoms. The minimum absolute atomic E-state index is 0.164. The van der Waals surface area contributed by atoms with Crippen LogP contribution in [0.25, 0.3) is 0 Å². The van der Waals surface area contributed by atoms with Crippen molar-refractivity contribution in [2.24, 2.45) is 4.99 Å². The van der Waals surface area contributed by atoms with Crippen molar-refractivity contribution < 1.29 is 4.39 Å². The fourth-order valence-corrected chi connectivity index (χ4v) is 3.02. The van der Waals surface area contributed by atoms with Gasteiger partial charge >= 0.3 is 0 Å². The number of aryl methyl sites for hydroxylation is 2. The molecule has 1 aromatic carbocycles. The zero-order chi connectivity index (χ0) is 15.9. The first-order valence-corrected chi connectivity index (χ1v) is 8.02. The van der Waals surface area contributed by atoms with Crippen LogP contribution in [0.4, 0.5) is 4.39 Å². The molecule has 0 aliphatic heterocycles. The van der Waals surface area contributed by atoms with Gasteiger partial charge in [-0.05, 0) is 31.9 Å². The predicted octanol–water partition coefficient (Wildman–Crippen LogP) is 2.81. The molecule has 0 saturated carbocycles. The first-order valence-electron chi connectivity index (χ1n) is 7.21. The Kier molecular flexibility index (Phi) is 5.89. The molecule has 0 atom stereocenters. The van der Waals surface area contributed by atoms with Crippen LogP contribution in [0.1, 0.15) is 21.1 Å². The Hall–Kier alpha value is -1.95. The lowest BCUT2D eigenvalue weighted by Gasteiger charge is -2.11. The molecule has 0 spiro atoms. The van der Waals surface area contributed by atoms with Crippen LogP contribution in [0, 0.1) is 19.7 Å². The summed E-state index contributed by atoms with van der Waals surface area (Å²) in [4.78, 5) is 9.78. The summed E-state index contributed by atoms with van der Waals surface area (Å²) in [5, 5.41) is 7.52. The molecule has 0 saturated heterocycles. The monoisotopic (exact) mass is 320 g/mol. The molecule has 2 rings (SSSR count). The van der Waals surface area contributed by atoms with Gasteiger partial charge in [0.1, 0.15) is 5.82 Å². The van der Waals surface area contributed by atoms with Gasteiger partial charge in [0.15, 0.2) is 5.96 Å². The van der Waals surface area contributed by atoms with E-state index in [0.717, 1.165) is 10.7 Å². The van der Waals surface area contributed by atoms with Gasteiger partial charge in [-0.1, -0.05) is 18.2 Å². The highest BCUT2D eigenvalue weighted by molar-refractivity contribution is 7.11. The summed E-state index contributed by atoms with van der Waals surface area (Å²) in [6.45, 7) is 5.33. The highest BCUT2D eigenvalue weighted by Crippen LogP contribution is 2.16. The third-order valence-corrected chi connectivity index (χ3v) is 4.36. The van der Waals surface area contributed by atoms with E-state index >= 15 is 0 Å². The minimum Gasteiger partial charge on any atom is -0.356 e. The minimum atomic E-state index is -0.164. The summed E-state index contributed by atoms with van der Waals surface area (Å²) < 4.78 is 13.5. The number of nitrogens with zero attached hydrogens (tertiary/aromatic N) is 2. The number of hydrogen-bond acceptors (Lipinski definition) is 3. The average Bonchev–Trinajstić information content (AvgIpc) is 2.82. The Morgan fingerprint density at radius 2 is 2.05 bits per heavy atom. The van der Waals surface area contributed by atoms with E-state index in [1.54, 1.807) is 30.5 Å². The van der Waals surface area contributed by atoms with Crippen molar-refractivity contribution in [3.05, 3.63) is 51.2 Å². The molecule has 0 unspecified atom stereocenters. The van der Waals surface area contributed by atoms with Gasteiger partial charge in [-0.15, -0.1) is 11.3 Å². The van der Waals surface area contributed by atoms with E-state index in [9.17, 15) is 4.39 Å². The maximum Gasteiger partial charge on any atom is 0.191 e. The summed E-state index contributed by atoms with van der Waals surface area (Å²) in [5.74, 6) is 0.546. The van der Waals surface area contributed by atoms with Gasteiger partial charge in [-0.2, -0.15) is 0 Å². The van der Waals surface area contributed by atoms with Crippen LogP contribution in [-0.4, -0.2) is 24.5 Å². The number of hydrogen-bond donors (Lipinski definition) is 2. The molecular formula is C16H21FN4S. The molecule has 1 heterocycles. The second-order valence-corrected chi connectivity index (χ2v) is 6.22. The Morgan fingerprint density at radius 3 is 2.68 bits per heavy atom. The van der Waals surface area contributed by atoms with E-state index in [1.165, 1.54) is 10.9 Å². The van der Waals surface area contributed by atoms with Gasteiger partial charge in [0.05, 0.1) is 17.2 Å². The third-order valence-electron chi connectivity index (χ3n) is 3.28. The highest BCUT2D eigenvalue weighted by atomic mass is 32.1. The molecule has 0 bridgehead atoms. The van der Waals surface area contributed by atoms with E-state index in [0.29, 0.717) is 31.0 Å². The summed E-state index contributed by atoms with van der Waals surface area (Å²) in [5.41, 5.74) is 1.76. The first kappa shape index (κ1) is 16.4. The van der Waals surface area contributed by atoms with Crippen LogP contribution in [0.3, 0.4) is 0 Å². The van der Waals surface area contributed by atoms with Crippen molar-refractivity contribution in [2.75, 3.05) is 13.6 Å². The number of guanidine groups is 1. The second-order valence-electron chi connectivity index (χ2n) is 4.94. The Morgan fingerprint density at radius 1 is 1.27 bits per heavy atom. The molecule has 0 fully saturated rings. The molecule has 0 aliphatic rings. The van der Waals surface area contributed by atoms with Gasteiger partial charge in [-0.3, -0.25) is 4.99 Å². The summed E-state index contributed by atoms with van der Waals surface area (Å²) in [6, 6.07) is 6.83. The molecule has 6 heteroatoms. The SMILES string of the molecule is CN=C(NCCc1ccccc1F)NCc1sc(C)nc1C. The highest BCUT2D eigenvalue weighted by Gasteiger charge is 2.06. The standard InChI is InChI=1S/C16H21FN4S/c1-11-15(22-12(2)21-11)10-20-16(18-3)19-9-8-13-6-4-5-7-14(13)17/h4-7H,8-10H2,1-3H3,(H2,18,19,20). The lowest BCUT2D eigenvalue weighted by Crippen LogP contribution is -2.37. The van der Waals surface area contributed by atoms with Gasteiger partial charge in [-0.25, -0.2) is 9.37 Å². The first-order chi connectivity index (χ1) is 10.6. The van der Waals surface area contributed by atoms with E-state index in [1.807, 2.05) is 19.9 Å². The molecule has 2 aromatic rings. The quantitative estimate of drug-likeness (QED) is 0.658. The Balaban J connectivity index is 1.81. The Labute approximate surface area is 134 Å². The zero-order valence-corrected chi connectivity index (χ0v) is 13.9. The predicted molar refractivity (Wildman–Crippen MR) is 89.9 cm³/mol. The van der Waals surface area contributed by atoms with Crippen molar-refractivity contribution in [3.8, 4) is 0 Å². The van der Waals surface area contributed by atoms with Gasteiger partial charge in [0.2, 0.25) is 0 Å². The van der Waals surface area contributed by atoms with Crippen LogP contribution in [0.2, 0.25) is 0 Å². The van der Waals surface area contributed by atoms with Gasteiger partial charge < -0.3 is 10.6 Å². The second kappa shape index (κ2) is 7.89. The van der Waals surface area contributed by atoms with Crippen molar-refractivity contribution >= 4 is 17.3 Å². The topological polar surface area (TPSA) is 49.3 Å². The fourth-order valence-electron chi connectivity index (χ4n) is 2.14. The number of aliphatic imine (C=N–C) groups is 1. The third kappa shape index (κ3) is 4.53. The summed E-state index contributed by atoms with van der Waals surface area (Å²) >= 11 is 1.68. The molecule has 4 nitrogen and oxygen atoms in total. The number of thiazole rings is 1. The van der Waals surface area contributed by atoms with Gasteiger partial charge in [0, 0.05) is 18.5 Å². The number of rotatable bonds is 5. The lowest BCUT2D eigenvalue weighted by atomic mass is 10.1. The summed E-state index contributed by atoms with van der Waals surface area (Å²) in [7, 11) is 1.73. The van der Waals surface area contributed by atoms with E-state index < -0.39 is 0 Å². The van der Waals surface area contributed by atoms with E-state index in [-0.39, 0.29) is 5.82 Å². The van der Waals surface area contributed by atoms with E-state index in [4.69, 9.17) is 0 Å². The molecule has 118 valence electrons. The smallest absolute Gasteiger partial charge is 0.191 e. The van der Waals surface area contributed by atoms with Crippen LogP contribution < -0.4 is 10.6 Å². The maximum absolute atomic E-state index is 13.5. The molecule has 2 N–H and O–H groups in total. The van der Waals surface area contributed by atoms with Crippen molar-refractivity contribution in [2.45, 2.75) is 26.8 Å². The maximum atomic E-state index is 13.5. The molecule has 1 aromatic heterocycles. The molecule has 0 aliphatic carbocycles. The van der Waals surface area contributed by atoms with Crippen molar-refractivity contribution in [3.63, 3.8) is 0 Å². The largest absolute Gasteiger partial charge is 0.356 e. The number of benzene rings is 1. The molecular weight excluding hydrogens is 299 g/mol. The number of aromatic nitrogens is 1.